The fraction of sp³-hybridized carbons (Fsp3) is 0.312. The largest absolute Gasteiger partial charge is 0.365 e. The number of hydrogen-bond donors (Lipinski definition) is 2. The van der Waals surface area contributed by atoms with Crippen molar-refractivity contribution in [2.45, 2.75) is 31.6 Å². The molecule has 0 saturated heterocycles. The molecule has 3 aromatic heterocycles. The van der Waals surface area contributed by atoms with E-state index in [0.717, 1.165) is 28.4 Å². The van der Waals surface area contributed by atoms with E-state index in [9.17, 15) is 9.59 Å². The predicted molar refractivity (Wildman–Crippen MR) is 97.0 cm³/mol. The van der Waals surface area contributed by atoms with Crippen molar-refractivity contribution in [3.05, 3.63) is 43.0 Å². The third-order valence-electron chi connectivity index (χ3n) is 4.51. The van der Waals surface area contributed by atoms with Gasteiger partial charge in [0.25, 0.3) is 11.5 Å². The first-order chi connectivity index (χ1) is 11.6. The Balaban J connectivity index is 1.99. The standard InChI is InChI=1S/C16H15BrN4O2S/c17-10-6-19-16(23)14-12(10)13(8-3-1-2-4-8)20-21(14)9-5-11(15(18)22)24-7-9/h5-8H,1-4H2,(H2,18,22)(H,19,23). The average molecular weight is 407 g/mol. The van der Waals surface area contributed by atoms with Crippen LogP contribution in [-0.2, 0) is 0 Å². The second-order valence-corrected chi connectivity index (χ2v) is 7.77. The van der Waals surface area contributed by atoms with Crippen LogP contribution in [0.5, 0.6) is 0 Å². The van der Waals surface area contributed by atoms with Crippen LogP contribution in [0.4, 0.5) is 0 Å². The number of nitrogens with two attached hydrogens (primary N) is 1. The molecule has 1 aliphatic carbocycles. The van der Waals surface area contributed by atoms with E-state index in [1.807, 2.05) is 0 Å². The first kappa shape index (κ1) is 15.6. The summed E-state index contributed by atoms with van der Waals surface area (Å²) in [7, 11) is 0. The molecule has 0 atom stereocenters. The lowest BCUT2D eigenvalue weighted by atomic mass is 10.0. The summed E-state index contributed by atoms with van der Waals surface area (Å²) < 4.78 is 2.46. The second kappa shape index (κ2) is 5.86. The molecule has 0 spiro atoms. The van der Waals surface area contributed by atoms with Crippen LogP contribution in [0.25, 0.3) is 16.6 Å². The third-order valence-corrected chi connectivity index (χ3v) is 6.07. The van der Waals surface area contributed by atoms with Gasteiger partial charge in [0.2, 0.25) is 0 Å². The molecule has 0 unspecified atom stereocenters. The SMILES string of the molecule is NC(=O)c1cc(-n2nc(C3CCCC3)c3c(Br)c[nH]c(=O)c32)cs1. The highest BCUT2D eigenvalue weighted by Gasteiger charge is 2.26. The molecule has 1 amide bonds. The van der Waals surface area contributed by atoms with Crippen LogP contribution in [0.2, 0.25) is 0 Å². The van der Waals surface area contributed by atoms with Crippen molar-refractivity contribution in [3.8, 4) is 5.69 Å². The average Bonchev–Trinajstić information content (AvgIpc) is 3.28. The van der Waals surface area contributed by atoms with Crippen molar-refractivity contribution in [1.82, 2.24) is 14.8 Å². The number of aromatic nitrogens is 3. The van der Waals surface area contributed by atoms with E-state index in [0.29, 0.717) is 22.0 Å². The number of carbonyl (C=O) groups excluding carboxylic acids is 1. The fourth-order valence-electron chi connectivity index (χ4n) is 3.39. The van der Waals surface area contributed by atoms with E-state index in [-0.39, 0.29) is 5.56 Å². The lowest BCUT2D eigenvalue weighted by Crippen LogP contribution is -2.11. The number of nitrogens with one attached hydrogen (secondary N) is 1. The highest BCUT2D eigenvalue weighted by Crippen LogP contribution is 2.39. The molecule has 3 N–H and O–H groups in total. The fourth-order valence-corrected chi connectivity index (χ4v) is 4.61. The van der Waals surface area contributed by atoms with Gasteiger partial charge >= 0.3 is 0 Å². The minimum Gasteiger partial charge on any atom is -0.365 e. The van der Waals surface area contributed by atoms with Crippen LogP contribution < -0.4 is 11.3 Å². The van der Waals surface area contributed by atoms with Crippen LogP contribution in [0.3, 0.4) is 0 Å². The zero-order chi connectivity index (χ0) is 16.8. The van der Waals surface area contributed by atoms with Gasteiger partial charge in [-0.2, -0.15) is 5.10 Å². The van der Waals surface area contributed by atoms with Crippen molar-refractivity contribution < 1.29 is 4.79 Å². The van der Waals surface area contributed by atoms with Crippen molar-refractivity contribution >= 4 is 44.1 Å². The molecule has 8 heteroatoms. The van der Waals surface area contributed by atoms with Crippen molar-refractivity contribution in [1.29, 1.82) is 0 Å². The number of thiophene rings is 1. The number of carbonyl (C=O) groups is 1. The van der Waals surface area contributed by atoms with Crippen molar-refractivity contribution in [3.63, 3.8) is 0 Å². The summed E-state index contributed by atoms with van der Waals surface area (Å²) in [6, 6.07) is 1.68. The number of fused-ring (bicyclic) bond motifs is 1. The molecule has 0 aliphatic heterocycles. The topological polar surface area (TPSA) is 93.8 Å². The monoisotopic (exact) mass is 406 g/mol. The Bertz CT molecular complexity index is 997. The number of primary amides is 1. The maximum Gasteiger partial charge on any atom is 0.274 e. The number of amides is 1. The van der Waals surface area contributed by atoms with Gasteiger partial charge in [-0.1, -0.05) is 12.8 Å². The molecular weight excluding hydrogens is 392 g/mol. The van der Waals surface area contributed by atoms with E-state index < -0.39 is 5.91 Å². The molecule has 3 aromatic rings. The molecule has 1 fully saturated rings. The Morgan fingerprint density at radius 3 is 2.83 bits per heavy atom. The molecular formula is C16H15BrN4O2S. The molecule has 6 nitrogen and oxygen atoms in total. The molecule has 4 rings (SSSR count). The number of halogens is 1. The quantitative estimate of drug-likeness (QED) is 0.698. The molecule has 0 radical (unpaired) electrons. The molecule has 3 heterocycles. The number of H-pyrrole nitrogens is 1. The van der Waals surface area contributed by atoms with Gasteiger partial charge in [0.1, 0.15) is 5.52 Å². The lowest BCUT2D eigenvalue weighted by molar-refractivity contribution is 0.100. The smallest absolute Gasteiger partial charge is 0.274 e. The van der Waals surface area contributed by atoms with Gasteiger partial charge < -0.3 is 10.7 Å². The molecule has 0 bridgehead atoms. The predicted octanol–water partition coefficient (Wildman–Crippen LogP) is 3.29. The molecule has 124 valence electrons. The number of pyridine rings is 1. The Labute approximate surface area is 149 Å². The van der Waals surface area contributed by atoms with Crippen LogP contribution >= 0.6 is 27.3 Å². The highest BCUT2D eigenvalue weighted by molar-refractivity contribution is 9.10. The molecule has 0 aromatic carbocycles. The van der Waals surface area contributed by atoms with Gasteiger partial charge in [-0.25, -0.2) is 4.68 Å². The zero-order valence-electron chi connectivity index (χ0n) is 12.7. The van der Waals surface area contributed by atoms with Gasteiger partial charge in [0, 0.05) is 27.4 Å². The van der Waals surface area contributed by atoms with Crippen LogP contribution in [0, 0.1) is 0 Å². The minimum atomic E-state index is -0.478. The zero-order valence-corrected chi connectivity index (χ0v) is 15.1. The maximum atomic E-state index is 12.5. The Morgan fingerprint density at radius 1 is 1.42 bits per heavy atom. The summed E-state index contributed by atoms with van der Waals surface area (Å²) in [6.07, 6.45) is 6.20. The summed E-state index contributed by atoms with van der Waals surface area (Å²) in [5.74, 6) is -0.116. The summed E-state index contributed by atoms with van der Waals surface area (Å²) in [5.41, 5.74) is 7.28. The second-order valence-electron chi connectivity index (χ2n) is 6.00. The van der Waals surface area contributed by atoms with E-state index in [1.54, 1.807) is 22.3 Å². The summed E-state index contributed by atoms with van der Waals surface area (Å²) in [6.45, 7) is 0. The van der Waals surface area contributed by atoms with E-state index in [2.05, 4.69) is 20.9 Å². The number of aromatic amines is 1. The van der Waals surface area contributed by atoms with E-state index in [4.69, 9.17) is 10.8 Å². The maximum absolute atomic E-state index is 12.5. The van der Waals surface area contributed by atoms with Gasteiger partial charge in [0.15, 0.2) is 0 Å². The molecule has 1 saturated carbocycles. The van der Waals surface area contributed by atoms with Crippen LogP contribution in [0.15, 0.2) is 26.9 Å². The number of hydrogen-bond acceptors (Lipinski definition) is 4. The first-order valence-electron chi connectivity index (χ1n) is 7.75. The van der Waals surface area contributed by atoms with Gasteiger partial charge in [-0.15, -0.1) is 11.3 Å². The summed E-state index contributed by atoms with van der Waals surface area (Å²) >= 11 is 4.80. The van der Waals surface area contributed by atoms with Gasteiger partial charge in [-0.3, -0.25) is 9.59 Å². The lowest BCUT2D eigenvalue weighted by Gasteiger charge is -2.05. The van der Waals surface area contributed by atoms with Gasteiger partial charge in [-0.05, 0) is 34.8 Å². The molecule has 1 aliphatic rings. The summed E-state index contributed by atoms with van der Waals surface area (Å²) in [5, 5.41) is 7.41. The number of nitrogens with zero attached hydrogens (tertiary/aromatic N) is 2. The van der Waals surface area contributed by atoms with E-state index >= 15 is 0 Å². The highest BCUT2D eigenvalue weighted by atomic mass is 79.9. The Hall–Kier alpha value is -1.93. The summed E-state index contributed by atoms with van der Waals surface area (Å²) in [4.78, 5) is 27.0. The Kier molecular flexibility index (Phi) is 3.80. The normalized spacial score (nSPS) is 15.4. The van der Waals surface area contributed by atoms with Crippen molar-refractivity contribution in [2.75, 3.05) is 0 Å². The number of rotatable bonds is 3. The van der Waals surface area contributed by atoms with Crippen LogP contribution in [0.1, 0.15) is 47.0 Å². The third kappa shape index (κ3) is 2.41. The minimum absolute atomic E-state index is 0.197. The van der Waals surface area contributed by atoms with Crippen LogP contribution in [-0.4, -0.2) is 20.7 Å². The van der Waals surface area contributed by atoms with Gasteiger partial charge in [0.05, 0.1) is 16.3 Å². The molecule has 24 heavy (non-hydrogen) atoms. The van der Waals surface area contributed by atoms with Crippen molar-refractivity contribution in [2.24, 2.45) is 5.73 Å². The first-order valence-corrected chi connectivity index (χ1v) is 9.42. The van der Waals surface area contributed by atoms with E-state index in [1.165, 1.54) is 24.2 Å². The Morgan fingerprint density at radius 2 is 2.17 bits per heavy atom.